The second-order valence-electron chi connectivity index (χ2n) is 8.06. The summed E-state index contributed by atoms with van der Waals surface area (Å²) < 4.78 is 10.8. The number of rotatable bonds is 11. The average Bonchev–Trinajstić information content (AvgIpc) is 2.84. The van der Waals surface area contributed by atoms with Crippen LogP contribution in [-0.4, -0.2) is 104 Å². The van der Waals surface area contributed by atoms with Crippen LogP contribution in [0.5, 0.6) is 0 Å². The molecule has 1 heterocycles. The Bertz CT molecular complexity index is 758. The first kappa shape index (κ1) is 27.3. The average molecular weight is 472 g/mol. The molecule has 0 radical (unpaired) electrons. The first-order valence-electron chi connectivity index (χ1n) is 10.6. The largest absolute Gasteiger partial charge is 0.396 e. The third-order valence-electron chi connectivity index (χ3n) is 5.60. The standard InChI is InChI=1S/C22H33NO10/c1-3-12-4-6-13(7-5-12)8-23-21(31)18(29)17(28)20(11(2)9-24)33-22-19(30)16(27)15(26)14(10-25)32-22/h3-7,11,14-20,22,24-30H,1,8-10H2,2H3,(H,23,31)/t11-,14-,15+,16+,17-,18-,19-,20-,22+/m1/s1. The molecular weight excluding hydrogens is 438 g/mol. The van der Waals surface area contributed by atoms with Gasteiger partial charge in [-0.2, -0.15) is 0 Å². The Morgan fingerprint density at radius 3 is 2.33 bits per heavy atom. The lowest BCUT2D eigenvalue weighted by Gasteiger charge is -2.42. The van der Waals surface area contributed by atoms with Crippen LogP contribution in [-0.2, 0) is 20.8 Å². The van der Waals surface area contributed by atoms with Crippen LogP contribution >= 0.6 is 0 Å². The van der Waals surface area contributed by atoms with Gasteiger partial charge in [-0.25, -0.2) is 0 Å². The Hall–Kier alpha value is -1.93. The fourth-order valence-corrected chi connectivity index (χ4v) is 3.39. The van der Waals surface area contributed by atoms with Gasteiger partial charge in [0.05, 0.1) is 12.7 Å². The van der Waals surface area contributed by atoms with Gasteiger partial charge in [-0.1, -0.05) is 43.8 Å². The number of ether oxygens (including phenoxy) is 2. The summed E-state index contributed by atoms with van der Waals surface area (Å²) in [4.78, 5) is 12.4. The van der Waals surface area contributed by atoms with Gasteiger partial charge in [0.1, 0.15) is 30.5 Å². The lowest BCUT2D eigenvalue weighted by Crippen LogP contribution is -2.61. The van der Waals surface area contributed by atoms with E-state index in [1.807, 2.05) is 0 Å². The Balaban J connectivity index is 2.06. The summed E-state index contributed by atoms with van der Waals surface area (Å²) >= 11 is 0. The van der Waals surface area contributed by atoms with Crippen molar-refractivity contribution in [2.45, 2.75) is 62.5 Å². The molecule has 0 bridgehead atoms. The van der Waals surface area contributed by atoms with Crippen molar-refractivity contribution in [1.82, 2.24) is 5.32 Å². The molecular formula is C22H33NO10. The number of aliphatic hydroxyl groups excluding tert-OH is 7. The monoisotopic (exact) mass is 471 g/mol. The molecule has 8 N–H and O–H groups in total. The van der Waals surface area contributed by atoms with Crippen molar-refractivity contribution in [3.8, 4) is 0 Å². The molecule has 2 rings (SSSR count). The first-order valence-corrected chi connectivity index (χ1v) is 10.6. The topological polar surface area (TPSA) is 189 Å². The maximum atomic E-state index is 12.4. The van der Waals surface area contributed by atoms with Crippen LogP contribution in [0.4, 0.5) is 0 Å². The van der Waals surface area contributed by atoms with E-state index in [0.717, 1.165) is 11.1 Å². The Morgan fingerprint density at radius 1 is 1.15 bits per heavy atom. The molecule has 11 heteroatoms. The molecule has 0 spiro atoms. The van der Waals surface area contributed by atoms with Crippen molar-refractivity contribution >= 4 is 12.0 Å². The summed E-state index contributed by atoms with van der Waals surface area (Å²) in [7, 11) is 0. The van der Waals surface area contributed by atoms with Gasteiger partial charge in [-0.3, -0.25) is 4.79 Å². The number of hydrogen-bond donors (Lipinski definition) is 8. The molecule has 1 fully saturated rings. The number of carbonyl (C=O) groups excluding carboxylic acids is 1. The van der Waals surface area contributed by atoms with E-state index in [9.17, 15) is 40.5 Å². The number of benzene rings is 1. The molecule has 0 saturated carbocycles. The Kier molecular flexibility index (Phi) is 10.4. The van der Waals surface area contributed by atoms with Crippen molar-refractivity contribution < 1.29 is 50.0 Å². The highest BCUT2D eigenvalue weighted by Crippen LogP contribution is 2.26. The van der Waals surface area contributed by atoms with Crippen molar-refractivity contribution in [3.05, 3.63) is 42.0 Å². The number of hydrogen-bond acceptors (Lipinski definition) is 10. The molecule has 0 aliphatic carbocycles. The zero-order chi connectivity index (χ0) is 24.7. The molecule has 1 amide bonds. The van der Waals surface area contributed by atoms with Crippen molar-refractivity contribution in [2.24, 2.45) is 5.92 Å². The van der Waals surface area contributed by atoms with E-state index < -0.39 is 74.1 Å². The molecule has 186 valence electrons. The predicted octanol–water partition coefficient (Wildman–Crippen LogP) is -2.52. The molecule has 1 aliphatic rings. The third kappa shape index (κ3) is 6.79. The fraction of sp³-hybridized carbons (Fsp3) is 0.591. The normalized spacial score (nSPS) is 29.0. The minimum Gasteiger partial charge on any atom is -0.396 e. The summed E-state index contributed by atoms with van der Waals surface area (Å²) in [5, 5.41) is 72.3. The zero-order valence-corrected chi connectivity index (χ0v) is 18.3. The van der Waals surface area contributed by atoms with E-state index in [4.69, 9.17) is 9.47 Å². The highest BCUT2D eigenvalue weighted by Gasteiger charge is 2.47. The molecule has 1 saturated heterocycles. The van der Waals surface area contributed by atoms with Gasteiger partial charge in [0.2, 0.25) is 0 Å². The van der Waals surface area contributed by atoms with Crippen molar-refractivity contribution in [2.75, 3.05) is 13.2 Å². The maximum absolute atomic E-state index is 12.4. The van der Waals surface area contributed by atoms with Crippen LogP contribution in [0.25, 0.3) is 6.08 Å². The van der Waals surface area contributed by atoms with E-state index in [1.165, 1.54) is 6.92 Å². The van der Waals surface area contributed by atoms with Gasteiger partial charge in [-0.05, 0) is 11.1 Å². The SMILES string of the molecule is C=Cc1ccc(CNC(=O)[C@H](O)[C@@H](O)[C@H](O[C@@H]2O[C@H](CO)[C@H](O)[C@H](O)[C@H]2O)[C@H](C)CO)cc1. The quantitative estimate of drug-likeness (QED) is 0.171. The van der Waals surface area contributed by atoms with Crippen LogP contribution in [0.15, 0.2) is 30.8 Å². The zero-order valence-electron chi connectivity index (χ0n) is 18.3. The van der Waals surface area contributed by atoms with Crippen LogP contribution in [0, 0.1) is 5.92 Å². The van der Waals surface area contributed by atoms with Gasteiger partial charge in [0.15, 0.2) is 12.4 Å². The second-order valence-corrected chi connectivity index (χ2v) is 8.06. The minimum absolute atomic E-state index is 0.0772. The second kappa shape index (κ2) is 12.5. The summed E-state index contributed by atoms with van der Waals surface area (Å²) in [6.07, 6.45) is -11.5. The summed E-state index contributed by atoms with van der Waals surface area (Å²) in [5.41, 5.74) is 1.64. The van der Waals surface area contributed by atoms with Crippen molar-refractivity contribution in [1.29, 1.82) is 0 Å². The summed E-state index contributed by atoms with van der Waals surface area (Å²) in [5.74, 6) is -1.73. The highest BCUT2D eigenvalue weighted by atomic mass is 16.7. The van der Waals surface area contributed by atoms with Gasteiger partial charge < -0.3 is 50.5 Å². The molecule has 11 nitrogen and oxygen atoms in total. The summed E-state index contributed by atoms with van der Waals surface area (Å²) in [6, 6.07) is 7.12. The minimum atomic E-state index is -1.96. The Morgan fingerprint density at radius 2 is 1.79 bits per heavy atom. The molecule has 0 aromatic heterocycles. The number of amides is 1. The number of nitrogens with one attached hydrogen (secondary N) is 1. The maximum Gasteiger partial charge on any atom is 0.251 e. The van der Waals surface area contributed by atoms with Crippen LogP contribution in [0.1, 0.15) is 18.1 Å². The smallest absolute Gasteiger partial charge is 0.251 e. The molecule has 1 aromatic carbocycles. The van der Waals surface area contributed by atoms with E-state index in [-0.39, 0.29) is 6.54 Å². The third-order valence-corrected chi connectivity index (χ3v) is 5.60. The molecule has 33 heavy (non-hydrogen) atoms. The lowest BCUT2D eigenvalue weighted by molar-refractivity contribution is -0.323. The van der Waals surface area contributed by atoms with E-state index in [0.29, 0.717) is 0 Å². The molecule has 9 atom stereocenters. The Labute approximate surface area is 191 Å². The van der Waals surface area contributed by atoms with E-state index in [1.54, 1.807) is 30.3 Å². The number of carbonyl (C=O) groups is 1. The van der Waals surface area contributed by atoms with Crippen LogP contribution in [0.3, 0.4) is 0 Å². The molecule has 1 aliphatic heterocycles. The number of aliphatic hydroxyl groups is 7. The van der Waals surface area contributed by atoms with Crippen molar-refractivity contribution in [3.63, 3.8) is 0 Å². The molecule has 1 aromatic rings. The van der Waals surface area contributed by atoms with E-state index in [2.05, 4.69) is 11.9 Å². The van der Waals surface area contributed by atoms with Gasteiger partial charge >= 0.3 is 0 Å². The molecule has 0 unspecified atom stereocenters. The van der Waals surface area contributed by atoms with Gasteiger partial charge in [-0.15, -0.1) is 0 Å². The fourth-order valence-electron chi connectivity index (χ4n) is 3.39. The van der Waals surface area contributed by atoms with Gasteiger partial charge in [0.25, 0.3) is 5.91 Å². The highest BCUT2D eigenvalue weighted by molar-refractivity contribution is 5.81. The van der Waals surface area contributed by atoms with E-state index >= 15 is 0 Å². The predicted molar refractivity (Wildman–Crippen MR) is 115 cm³/mol. The van der Waals surface area contributed by atoms with Crippen LogP contribution in [0.2, 0.25) is 0 Å². The summed E-state index contributed by atoms with van der Waals surface area (Å²) in [6.45, 7) is 4.00. The van der Waals surface area contributed by atoms with Gasteiger partial charge in [0, 0.05) is 19.1 Å². The first-order chi connectivity index (χ1) is 15.6. The lowest BCUT2D eigenvalue weighted by atomic mass is 9.95. The van der Waals surface area contributed by atoms with Crippen LogP contribution < -0.4 is 5.32 Å².